The van der Waals surface area contributed by atoms with Crippen molar-refractivity contribution in [2.24, 2.45) is 11.8 Å². The van der Waals surface area contributed by atoms with Gasteiger partial charge in [0.15, 0.2) is 0 Å². The normalized spacial score (nSPS) is 35.1. The van der Waals surface area contributed by atoms with Crippen LogP contribution in [-0.4, -0.2) is 67.0 Å². The average molecular weight is 460 g/mol. The number of hydrogen-bond donors (Lipinski definition) is 1. The van der Waals surface area contributed by atoms with Gasteiger partial charge in [-0.3, -0.25) is 9.59 Å². The van der Waals surface area contributed by atoms with Gasteiger partial charge in [0.25, 0.3) is 0 Å². The summed E-state index contributed by atoms with van der Waals surface area (Å²) in [7, 11) is 1.78. The number of nitrogens with one attached hydrogen (secondary N) is 1. The summed E-state index contributed by atoms with van der Waals surface area (Å²) in [6, 6.07) is 3.21. The molecule has 1 unspecified atom stereocenters. The number of fused-ring (bicyclic) bond motifs is 2. The van der Waals surface area contributed by atoms with Crippen LogP contribution in [0.15, 0.2) is 6.07 Å². The van der Waals surface area contributed by atoms with Gasteiger partial charge < -0.3 is 19.9 Å². The quantitative estimate of drug-likeness (QED) is 0.736. The lowest BCUT2D eigenvalue weighted by Gasteiger charge is -2.49. The van der Waals surface area contributed by atoms with Crippen molar-refractivity contribution < 1.29 is 14.3 Å². The molecule has 32 heavy (non-hydrogen) atoms. The smallest absolute Gasteiger partial charge is 0.225 e. The van der Waals surface area contributed by atoms with E-state index in [1.54, 1.807) is 16.8 Å². The number of rotatable bonds is 5. The number of ether oxygens (including phenoxy) is 1. The maximum atomic E-state index is 12.5. The molecule has 6 nitrogen and oxygen atoms in total. The second kappa shape index (κ2) is 8.73. The van der Waals surface area contributed by atoms with Crippen LogP contribution in [0, 0.1) is 11.8 Å². The number of carbonyl (C=O) groups is 2. The highest BCUT2D eigenvalue weighted by atomic mass is 32.1. The van der Waals surface area contributed by atoms with Crippen LogP contribution in [-0.2, 0) is 32.8 Å². The molecule has 3 atom stereocenters. The van der Waals surface area contributed by atoms with Crippen LogP contribution in [0.1, 0.15) is 61.3 Å². The number of likely N-dealkylation sites (tertiary alicyclic amines) is 2. The molecule has 1 aromatic heterocycles. The Balaban J connectivity index is 1.11. The molecule has 1 N–H and O–H groups in total. The highest BCUT2D eigenvalue weighted by Crippen LogP contribution is 2.46. The van der Waals surface area contributed by atoms with E-state index in [2.05, 4.69) is 30.1 Å². The zero-order valence-corrected chi connectivity index (χ0v) is 20.5. The molecule has 2 saturated heterocycles. The van der Waals surface area contributed by atoms with E-state index in [0.29, 0.717) is 24.9 Å². The van der Waals surface area contributed by atoms with Crippen LogP contribution in [0.3, 0.4) is 0 Å². The Morgan fingerprint density at radius 2 is 2.19 bits per heavy atom. The molecule has 1 spiro atoms. The summed E-state index contributed by atoms with van der Waals surface area (Å²) in [5, 5.41) is 3.19. The minimum Gasteiger partial charge on any atom is -0.370 e. The molecular weight excluding hydrogens is 422 g/mol. The van der Waals surface area contributed by atoms with Crippen LogP contribution in [0.2, 0.25) is 0 Å². The molecule has 2 amide bonds. The molecule has 4 aliphatic rings. The van der Waals surface area contributed by atoms with Crippen molar-refractivity contribution >= 4 is 23.2 Å². The van der Waals surface area contributed by atoms with E-state index in [0.717, 1.165) is 58.2 Å². The first-order valence-corrected chi connectivity index (χ1v) is 13.2. The first kappa shape index (κ1) is 22.4. The summed E-state index contributed by atoms with van der Waals surface area (Å²) < 4.78 is 6.48. The number of thiophene rings is 1. The molecule has 176 valence electrons. The summed E-state index contributed by atoms with van der Waals surface area (Å²) in [5.74, 6) is 0.624. The molecule has 1 aliphatic carbocycles. The SMILES string of the molecule is CCc1cc2c(s1)CCO[C@@]21CCN(CC2CC(NC(=O)C3CC(=O)N(C)C3)C2)[C@@H](C)C1. The van der Waals surface area contributed by atoms with Gasteiger partial charge in [-0.1, -0.05) is 6.92 Å². The van der Waals surface area contributed by atoms with Crippen LogP contribution in [0.4, 0.5) is 0 Å². The molecule has 0 aromatic carbocycles. The fraction of sp³-hybridized carbons (Fsp3) is 0.760. The minimum absolute atomic E-state index is 0.0619. The third kappa shape index (κ3) is 4.12. The molecule has 7 heteroatoms. The average Bonchev–Trinajstić information content (AvgIpc) is 3.32. The predicted octanol–water partition coefficient (Wildman–Crippen LogP) is 2.94. The van der Waals surface area contributed by atoms with Gasteiger partial charge in [0, 0.05) is 61.4 Å². The third-order valence-electron chi connectivity index (χ3n) is 8.24. The van der Waals surface area contributed by atoms with E-state index < -0.39 is 0 Å². The molecule has 5 rings (SSSR count). The molecule has 1 aromatic rings. The Kier molecular flexibility index (Phi) is 6.10. The van der Waals surface area contributed by atoms with Gasteiger partial charge in [-0.2, -0.15) is 0 Å². The van der Waals surface area contributed by atoms with Crippen molar-refractivity contribution in [2.45, 2.75) is 76.5 Å². The van der Waals surface area contributed by atoms with E-state index in [1.807, 2.05) is 11.3 Å². The van der Waals surface area contributed by atoms with Crippen LogP contribution in [0.25, 0.3) is 0 Å². The van der Waals surface area contributed by atoms with Gasteiger partial charge in [0.1, 0.15) is 0 Å². The van der Waals surface area contributed by atoms with E-state index >= 15 is 0 Å². The van der Waals surface area contributed by atoms with Gasteiger partial charge in [0.05, 0.1) is 18.1 Å². The summed E-state index contributed by atoms with van der Waals surface area (Å²) >= 11 is 1.99. The highest BCUT2D eigenvalue weighted by molar-refractivity contribution is 7.12. The van der Waals surface area contributed by atoms with Gasteiger partial charge >= 0.3 is 0 Å². The molecule has 0 radical (unpaired) electrons. The summed E-state index contributed by atoms with van der Waals surface area (Å²) in [6.45, 7) is 8.22. The van der Waals surface area contributed by atoms with Gasteiger partial charge in [-0.25, -0.2) is 0 Å². The third-order valence-corrected chi connectivity index (χ3v) is 9.58. The van der Waals surface area contributed by atoms with Gasteiger partial charge in [0.2, 0.25) is 11.8 Å². The minimum atomic E-state index is -0.171. The maximum absolute atomic E-state index is 12.5. The molecule has 4 heterocycles. The molecule has 3 aliphatic heterocycles. The maximum Gasteiger partial charge on any atom is 0.225 e. The van der Waals surface area contributed by atoms with Crippen LogP contribution in [0.5, 0.6) is 0 Å². The summed E-state index contributed by atoms with van der Waals surface area (Å²) in [4.78, 5) is 31.5. The van der Waals surface area contributed by atoms with Crippen molar-refractivity contribution in [1.82, 2.24) is 15.1 Å². The van der Waals surface area contributed by atoms with Crippen LogP contribution < -0.4 is 5.32 Å². The standard InChI is InChI=1S/C25H37N3O3S/c1-4-20-12-21-22(32-20)5-8-31-25(21)6-7-28(16(2)13-25)14-17-9-19(10-17)26-24(30)18-11-23(29)27(3)15-18/h12,16-19H,4-11,13-15H2,1-3H3,(H,26,30)/t16-,17?,18?,19?,25+/m0/s1. The Morgan fingerprint density at radius 1 is 1.38 bits per heavy atom. The zero-order valence-electron chi connectivity index (χ0n) is 19.7. The lowest BCUT2D eigenvalue weighted by molar-refractivity contribution is -0.129. The largest absolute Gasteiger partial charge is 0.370 e. The topological polar surface area (TPSA) is 61.9 Å². The number of aryl methyl sites for hydroxylation is 1. The lowest BCUT2D eigenvalue weighted by atomic mass is 9.76. The lowest BCUT2D eigenvalue weighted by Crippen LogP contribution is -2.54. The van der Waals surface area contributed by atoms with Crippen molar-refractivity contribution in [1.29, 1.82) is 0 Å². The van der Waals surface area contributed by atoms with Crippen molar-refractivity contribution in [3.8, 4) is 0 Å². The molecule has 1 saturated carbocycles. The Morgan fingerprint density at radius 3 is 2.88 bits per heavy atom. The van der Waals surface area contributed by atoms with Gasteiger partial charge in [-0.05, 0) is 56.6 Å². The van der Waals surface area contributed by atoms with E-state index in [1.165, 1.54) is 10.4 Å². The Labute approximate surface area is 195 Å². The number of nitrogens with zero attached hydrogens (tertiary/aromatic N) is 2. The van der Waals surface area contributed by atoms with E-state index in [9.17, 15) is 9.59 Å². The summed E-state index contributed by atoms with van der Waals surface area (Å²) in [5.41, 5.74) is 1.41. The van der Waals surface area contributed by atoms with E-state index in [-0.39, 0.29) is 29.4 Å². The number of amides is 2. The molecule has 0 bridgehead atoms. The van der Waals surface area contributed by atoms with Crippen LogP contribution >= 0.6 is 11.3 Å². The molecular formula is C25H37N3O3S. The predicted molar refractivity (Wildman–Crippen MR) is 126 cm³/mol. The first-order chi connectivity index (χ1) is 15.4. The Hall–Kier alpha value is -1.44. The fourth-order valence-electron chi connectivity index (χ4n) is 6.24. The van der Waals surface area contributed by atoms with Crippen molar-refractivity contribution in [2.75, 3.05) is 33.3 Å². The second-order valence-electron chi connectivity index (χ2n) is 10.5. The first-order valence-electron chi connectivity index (χ1n) is 12.4. The number of piperidine rings is 1. The number of hydrogen-bond acceptors (Lipinski definition) is 5. The molecule has 3 fully saturated rings. The van der Waals surface area contributed by atoms with Gasteiger partial charge in [-0.15, -0.1) is 11.3 Å². The van der Waals surface area contributed by atoms with E-state index in [4.69, 9.17) is 4.74 Å². The fourth-order valence-corrected chi connectivity index (χ4v) is 7.42. The monoisotopic (exact) mass is 459 g/mol. The van der Waals surface area contributed by atoms with Crippen molar-refractivity contribution in [3.63, 3.8) is 0 Å². The van der Waals surface area contributed by atoms with Crippen molar-refractivity contribution in [3.05, 3.63) is 21.4 Å². The Bertz CT molecular complexity index is 880. The number of carbonyl (C=O) groups excluding carboxylic acids is 2. The summed E-state index contributed by atoms with van der Waals surface area (Å²) in [6.07, 6.45) is 6.82. The highest BCUT2D eigenvalue weighted by Gasteiger charge is 2.45. The zero-order chi connectivity index (χ0) is 22.5. The second-order valence-corrected chi connectivity index (χ2v) is 11.7.